The fourth-order valence-corrected chi connectivity index (χ4v) is 2.71. The van der Waals surface area contributed by atoms with Gasteiger partial charge < -0.3 is 24.3 Å². The number of benzene rings is 2. The van der Waals surface area contributed by atoms with E-state index in [2.05, 4.69) is 5.32 Å². The number of rotatable bonds is 9. The minimum absolute atomic E-state index is 0.299. The number of methoxy groups -OCH3 is 3. The SMILES string of the molecule is COc1cccc(CNC(=O)COC(=O)/C=C/c2cc(Cl)c(OC)c(OC)c2)c1. The van der Waals surface area contributed by atoms with Crippen LogP contribution < -0.4 is 19.5 Å². The van der Waals surface area contributed by atoms with E-state index in [1.807, 2.05) is 24.3 Å². The van der Waals surface area contributed by atoms with E-state index in [4.69, 9.17) is 30.5 Å². The molecular weight excluding hydrogens is 398 g/mol. The number of carbonyl (C=O) groups excluding carboxylic acids is 2. The lowest BCUT2D eigenvalue weighted by atomic mass is 10.2. The van der Waals surface area contributed by atoms with E-state index < -0.39 is 11.9 Å². The van der Waals surface area contributed by atoms with Crippen LogP contribution in [0.3, 0.4) is 0 Å². The molecule has 7 nitrogen and oxygen atoms in total. The molecule has 0 atom stereocenters. The van der Waals surface area contributed by atoms with E-state index in [-0.39, 0.29) is 6.61 Å². The van der Waals surface area contributed by atoms with Gasteiger partial charge in [0.15, 0.2) is 18.1 Å². The number of halogens is 1. The molecule has 0 unspecified atom stereocenters. The number of amides is 1. The Kier molecular flexibility index (Phi) is 8.36. The highest BCUT2D eigenvalue weighted by Crippen LogP contribution is 2.36. The molecule has 0 aliphatic carbocycles. The molecule has 1 N–H and O–H groups in total. The largest absolute Gasteiger partial charge is 0.497 e. The van der Waals surface area contributed by atoms with Gasteiger partial charge in [0.05, 0.1) is 26.4 Å². The van der Waals surface area contributed by atoms with Crippen LogP contribution in [-0.4, -0.2) is 39.8 Å². The molecule has 2 aromatic rings. The van der Waals surface area contributed by atoms with Crippen LogP contribution in [0.4, 0.5) is 0 Å². The molecular formula is C21H22ClNO6. The summed E-state index contributed by atoms with van der Waals surface area (Å²) in [4.78, 5) is 23.7. The van der Waals surface area contributed by atoms with Crippen molar-refractivity contribution in [3.63, 3.8) is 0 Å². The van der Waals surface area contributed by atoms with Crippen LogP contribution in [0.2, 0.25) is 5.02 Å². The fraction of sp³-hybridized carbons (Fsp3) is 0.238. The predicted octanol–water partition coefficient (Wildman–Crippen LogP) is 3.24. The van der Waals surface area contributed by atoms with Gasteiger partial charge in [-0.05, 0) is 41.5 Å². The van der Waals surface area contributed by atoms with Gasteiger partial charge in [0.25, 0.3) is 5.91 Å². The first kappa shape index (κ1) is 22.1. The lowest BCUT2D eigenvalue weighted by Crippen LogP contribution is -2.28. The summed E-state index contributed by atoms with van der Waals surface area (Å²) in [5, 5.41) is 3.02. The highest BCUT2D eigenvalue weighted by molar-refractivity contribution is 6.32. The van der Waals surface area contributed by atoms with Crippen molar-refractivity contribution in [1.29, 1.82) is 0 Å². The van der Waals surface area contributed by atoms with Crippen LogP contribution in [0.25, 0.3) is 6.08 Å². The zero-order valence-corrected chi connectivity index (χ0v) is 17.1. The van der Waals surface area contributed by atoms with Gasteiger partial charge in [-0.3, -0.25) is 4.79 Å². The molecule has 0 bridgehead atoms. The summed E-state index contributed by atoms with van der Waals surface area (Å²) in [6, 6.07) is 10.6. The van der Waals surface area contributed by atoms with Gasteiger partial charge in [-0.1, -0.05) is 23.7 Å². The molecule has 0 saturated carbocycles. The van der Waals surface area contributed by atoms with Crippen molar-refractivity contribution >= 4 is 29.6 Å². The lowest BCUT2D eigenvalue weighted by Gasteiger charge is -2.10. The third-order valence-corrected chi connectivity index (χ3v) is 4.12. The van der Waals surface area contributed by atoms with Crippen LogP contribution in [-0.2, 0) is 20.9 Å². The summed E-state index contributed by atoms with van der Waals surface area (Å²) < 4.78 is 20.4. The normalized spacial score (nSPS) is 10.5. The fourth-order valence-electron chi connectivity index (χ4n) is 2.42. The molecule has 0 aliphatic rings. The van der Waals surface area contributed by atoms with E-state index >= 15 is 0 Å². The molecule has 0 saturated heterocycles. The van der Waals surface area contributed by atoms with E-state index in [1.54, 1.807) is 19.2 Å². The zero-order chi connectivity index (χ0) is 21.2. The van der Waals surface area contributed by atoms with Gasteiger partial charge >= 0.3 is 5.97 Å². The predicted molar refractivity (Wildman–Crippen MR) is 109 cm³/mol. The quantitative estimate of drug-likeness (QED) is 0.496. The van der Waals surface area contributed by atoms with Crippen molar-refractivity contribution in [2.24, 2.45) is 0 Å². The highest BCUT2D eigenvalue weighted by atomic mass is 35.5. The Balaban J connectivity index is 1.84. The molecule has 1 amide bonds. The Morgan fingerprint density at radius 1 is 1.07 bits per heavy atom. The highest BCUT2D eigenvalue weighted by Gasteiger charge is 2.10. The summed E-state index contributed by atoms with van der Waals surface area (Å²) in [5.74, 6) is 0.464. The van der Waals surface area contributed by atoms with Crippen LogP contribution in [0.5, 0.6) is 17.2 Å². The summed E-state index contributed by atoms with van der Waals surface area (Å²) in [7, 11) is 4.54. The van der Waals surface area contributed by atoms with Crippen LogP contribution >= 0.6 is 11.6 Å². The topological polar surface area (TPSA) is 83.1 Å². The number of esters is 1. The Morgan fingerprint density at radius 2 is 1.86 bits per heavy atom. The van der Waals surface area contributed by atoms with E-state index in [1.165, 1.54) is 26.4 Å². The van der Waals surface area contributed by atoms with Gasteiger partial charge in [0.2, 0.25) is 0 Å². The monoisotopic (exact) mass is 419 g/mol. The van der Waals surface area contributed by atoms with Crippen molar-refractivity contribution in [2.45, 2.75) is 6.54 Å². The lowest BCUT2D eigenvalue weighted by molar-refractivity contribution is -0.143. The van der Waals surface area contributed by atoms with Crippen LogP contribution in [0.15, 0.2) is 42.5 Å². The van der Waals surface area contributed by atoms with Crippen molar-refractivity contribution in [1.82, 2.24) is 5.32 Å². The number of hydrogen-bond donors (Lipinski definition) is 1. The summed E-state index contributed by atoms with van der Waals surface area (Å²) in [6.07, 6.45) is 2.71. The van der Waals surface area contributed by atoms with E-state index in [0.29, 0.717) is 34.4 Å². The van der Waals surface area contributed by atoms with E-state index in [0.717, 1.165) is 5.56 Å². The van der Waals surface area contributed by atoms with Crippen LogP contribution in [0.1, 0.15) is 11.1 Å². The maximum absolute atomic E-state index is 11.9. The molecule has 0 aliphatic heterocycles. The van der Waals surface area contributed by atoms with Crippen molar-refractivity contribution in [3.8, 4) is 17.2 Å². The van der Waals surface area contributed by atoms with Gasteiger partial charge in [-0.15, -0.1) is 0 Å². The number of hydrogen-bond acceptors (Lipinski definition) is 6. The van der Waals surface area contributed by atoms with Crippen molar-refractivity contribution < 1.29 is 28.5 Å². The average Bonchev–Trinajstić information content (AvgIpc) is 2.74. The number of ether oxygens (including phenoxy) is 4. The molecule has 0 aromatic heterocycles. The summed E-state index contributed by atoms with van der Waals surface area (Å²) in [5.41, 5.74) is 1.49. The second-order valence-electron chi connectivity index (χ2n) is 5.81. The number of nitrogens with one attached hydrogen (secondary N) is 1. The minimum atomic E-state index is -0.660. The second-order valence-corrected chi connectivity index (χ2v) is 6.21. The summed E-state index contributed by atoms with van der Waals surface area (Å²) in [6.45, 7) is -0.0899. The maximum atomic E-state index is 11.9. The first-order valence-electron chi connectivity index (χ1n) is 8.62. The molecule has 0 heterocycles. The first-order valence-corrected chi connectivity index (χ1v) is 9.00. The third kappa shape index (κ3) is 6.73. The Morgan fingerprint density at radius 3 is 2.55 bits per heavy atom. The molecule has 2 rings (SSSR count). The Bertz CT molecular complexity index is 897. The smallest absolute Gasteiger partial charge is 0.331 e. The molecule has 8 heteroatoms. The van der Waals surface area contributed by atoms with Gasteiger partial charge in [-0.25, -0.2) is 4.79 Å². The van der Waals surface area contributed by atoms with E-state index in [9.17, 15) is 9.59 Å². The summed E-state index contributed by atoms with van der Waals surface area (Å²) >= 11 is 6.12. The minimum Gasteiger partial charge on any atom is -0.497 e. The zero-order valence-electron chi connectivity index (χ0n) is 16.4. The van der Waals surface area contributed by atoms with Gasteiger partial charge in [0, 0.05) is 12.6 Å². The molecule has 0 radical (unpaired) electrons. The maximum Gasteiger partial charge on any atom is 0.331 e. The van der Waals surface area contributed by atoms with Crippen molar-refractivity contribution in [2.75, 3.05) is 27.9 Å². The third-order valence-electron chi connectivity index (χ3n) is 3.84. The van der Waals surface area contributed by atoms with Gasteiger partial charge in [-0.2, -0.15) is 0 Å². The molecule has 0 spiro atoms. The average molecular weight is 420 g/mol. The van der Waals surface area contributed by atoms with Crippen molar-refractivity contribution in [3.05, 3.63) is 58.6 Å². The Hall–Kier alpha value is -3.19. The standard InChI is InChI=1S/C21H22ClNO6/c1-26-16-6-4-5-15(9-16)12-23-19(24)13-29-20(25)8-7-14-10-17(22)21(28-3)18(11-14)27-2/h4-11H,12-13H2,1-3H3,(H,23,24)/b8-7+. The van der Waals surface area contributed by atoms with Crippen LogP contribution in [0, 0.1) is 0 Å². The first-order chi connectivity index (χ1) is 14.0. The Labute approximate surface area is 174 Å². The molecule has 29 heavy (non-hydrogen) atoms. The molecule has 0 fully saturated rings. The number of carbonyl (C=O) groups is 2. The van der Waals surface area contributed by atoms with Gasteiger partial charge in [0.1, 0.15) is 5.75 Å². The molecule has 154 valence electrons. The second kappa shape index (κ2) is 11.0. The molecule has 2 aromatic carbocycles.